The largest absolute Gasteiger partial charge is 0.311 e. The lowest BCUT2D eigenvalue weighted by atomic mass is 9.91. The molecular formula is C14H27NS. The van der Waals surface area contributed by atoms with Gasteiger partial charge in [0.25, 0.3) is 0 Å². The molecule has 0 spiro atoms. The maximum Gasteiger partial charge on any atom is 0.0101 e. The molecule has 0 aliphatic heterocycles. The molecule has 16 heavy (non-hydrogen) atoms. The molecule has 0 aromatic heterocycles. The number of hydrogen-bond donors (Lipinski definition) is 1. The smallest absolute Gasteiger partial charge is 0.0101 e. The summed E-state index contributed by atoms with van der Waals surface area (Å²) in [4.78, 5) is 0. The lowest BCUT2D eigenvalue weighted by Crippen LogP contribution is -2.38. The van der Waals surface area contributed by atoms with Crippen molar-refractivity contribution in [3.05, 3.63) is 0 Å². The summed E-state index contributed by atoms with van der Waals surface area (Å²) in [6.45, 7) is 7.27. The lowest BCUT2D eigenvalue weighted by Gasteiger charge is -2.23. The van der Waals surface area contributed by atoms with Crippen LogP contribution in [-0.2, 0) is 0 Å². The van der Waals surface area contributed by atoms with Gasteiger partial charge in [-0.2, -0.15) is 11.8 Å². The highest BCUT2D eigenvalue weighted by Crippen LogP contribution is 2.41. The van der Waals surface area contributed by atoms with Crippen LogP contribution in [0.1, 0.15) is 52.9 Å². The average Bonchev–Trinajstić information content (AvgIpc) is 2.72. The molecule has 2 heteroatoms. The summed E-state index contributed by atoms with van der Waals surface area (Å²) >= 11 is 2.05. The van der Waals surface area contributed by atoms with Gasteiger partial charge < -0.3 is 5.32 Å². The normalized spacial score (nSPS) is 42.8. The Bertz CT molecular complexity index is 239. The summed E-state index contributed by atoms with van der Waals surface area (Å²) in [6, 6.07) is 1.58. The topological polar surface area (TPSA) is 12.0 Å². The van der Waals surface area contributed by atoms with Gasteiger partial charge in [-0.15, -0.1) is 0 Å². The quantitative estimate of drug-likeness (QED) is 0.809. The molecule has 1 N–H and O–H groups in total. The fraction of sp³-hybridized carbons (Fsp3) is 1.00. The van der Waals surface area contributed by atoms with E-state index in [1.54, 1.807) is 0 Å². The standard InChI is InChI=1S/C14H27NS/c1-10-8-14(2,3)9-13(10)15-11-5-6-12(7-11)16-4/h10-13,15H,5-9H2,1-4H3. The summed E-state index contributed by atoms with van der Waals surface area (Å²) in [5.74, 6) is 0.864. The van der Waals surface area contributed by atoms with E-state index in [0.717, 1.165) is 23.3 Å². The van der Waals surface area contributed by atoms with Crippen LogP contribution in [-0.4, -0.2) is 23.6 Å². The average molecular weight is 241 g/mol. The van der Waals surface area contributed by atoms with Crippen molar-refractivity contribution in [3.8, 4) is 0 Å². The second-order valence-corrected chi connectivity index (χ2v) is 7.83. The van der Waals surface area contributed by atoms with Gasteiger partial charge in [-0.25, -0.2) is 0 Å². The van der Waals surface area contributed by atoms with Crippen LogP contribution in [0.25, 0.3) is 0 Å². The predicted octanol–water partition coefficient (Wildman–Crippen LogP) is 3.68. The summed E-state index contributed by atoms with van der Waals surface area (Å²) in [6.07, 6.45) is 9.23. The lowest BCUT2D eigenvalue weighted by molar-refractivity contribution is 0.351. The highest BCUT2D eigenvalue weighted by Gasteiger charge is 2.38. The van der Waals surface area contributed by atoms with Gasteiger partial charge in [-0.1, -0.05) is 20.8 Å². The number of rotatable bonds is 3. The molecule has 0 bridgehead atoms. The molecule has 4 atom stereocenters. The molecular weight excluding hydrogens is 214 g/mol. The van der Waals surface area contributed by atoms with Gasteiger partial charge in [0.1, 0.15) is 0 Å². The predicted molar refractivity (Wildman–Crippen MR) is 74.0 cm³/mol. The van der Waals surface area contributed by atoms with Gasteiger partial charge in [0, 0.05) is 17.3 Å². The number of thioether (sulfide) groups is 1. The van der Waals surface area contributed by atoms with Crippen molar-refractivity contribution in [1.29, 1.82) is 0 Å². The molecule has 2 fully saturated rings. The third kappa shape index (κ3) is 2.95. The van der Waals surface area contributed by atoms with Crippen molar-refractivity contribution < 1.29 is 0 Å². The van der Waals surface area contributed by atoms with Gasteiger partial charge in [0.2, 0.25) is 0 Å². The minimum atomic E-state index is 0.564. The van der Waals surface area contributed by atoms with E-state index in [1.807, 2.05) is 0 Å². The first kappa shape index (κ1) is 12.8. The Morgan fingerprint density at radius 2 is 1.94 bits per heavy atom. The third-order valence-electron chi connectivity index (χ3n) is 4.50. The van der Waals surface area contributed by atoms with E-state index in [9.17, 15) is 0 Å². The molecule has 2 saturated carbocycles. The zero-order valence-corrected chi connectivity index (χ0v) is 12.1. The molecule has 94 valence electrons. The molecule has 0 saturated heterocycles. The first-order valence-electron chi connectivity index (χ1n) is 6.79. The number of hydrogen-bond acceptors (Lipinski definition) is 2. The fourth-order valence-corrected chi connectivity index (χ4v) is 4.52. The maximum atomic E-state index is 3.93. The second kappa shape index (κ2) is 4.89. The van der Waals surface area contributed by atoms with E-state index in [0.29, 0.717) is 5.41 Å². The van der Waals surface area contributed by atoms with Crippen molar-refractivity contribution in [3.63, 3.8) is 0 Å². The summed E-state index contributed by atoms with van der Waals surface area (Å²) in [7, 11) is 0. The van der Waals surface area contributed by atoms with E-state index in [1.165, 1.54) is 32.1 Å². The van der Waals surface area contributed by atoms with E-state index >= 15 is 0 Å². The first-order valence-corrected chi connectivity index (χ1v) is 8.08. The van der Waals surface area contributed by atoms with Crippen LogP contribution < -0.4 is 5.32 Å². The summed E-state index contributed by atoms with van der Waals surface area (Å²) in [5, 5.41) is 4.85. The maximum absolute atomic E-state index is 3.93. The van der Waals surface area contributed by atoms with Gasteiger partial charge in [0.05, 0.1) is 0 Å². The van der Waals surface area contributed by atoms with Gasteiger partial charge in [-0.05, 0) is 49.7 Å². The molecule has 1 nitrogen and oxygen atoms in total. The van der Waals surface area contributed by atoms with Crippen LogP contribution in [0.5, 0.6) is 0 Å². The Morgan fingerprint density at radius 3 is 2.44 bits per heavy atom. The van der Waals surface area contributed by atoms with Gasteiger partial charge >= 0.3 is 0 Å². The van der Waals surface area contributed by atoms with Gasteiger partial charge in [-0.3, -0.25) is 0 Å². The van der Waals surface area contributed by atoms with Crippen molar-refractivity contribution in [2.24, 2.45) is 11.3 Å². The van der Waals surface area contributed by atoms with E-state index in [2.05, 4.69) is 44.1 Å². The summed E-state index contributed by atoms with van der Waals surface area (Å²) in [5.41, 5.74) is 0.564. The molecule has 2 aliphatic rings. The van der Waals surface area contributed by atoms with Crippen molar-refractivity contribution in [2.75, 3.05) is 6.26 Å². The van der Waals surface area contributed by atoms with Crippen LogP contribution in [0, 0.1) is 11.3 Å². The molecule has 0 amide bonds. The Labute approximate surface area is 105 Å². The monoisotopic (exact) mass is 241 g/mol. The zero-order valence-electron chi connectivity index (χ0n) is 11.3. The van der Waals surface area contributed by atoms with Crippen LogP contribution in [0.4, 0.5) is 0 Å². The molecule has 4 unspecified atom stereocenters. The SMILES string of the molecule is CSC1CCC(NC2CC(C)(C)CC2C)C1. The van der Waals surface area contributed by atoms with Gasteiger partial charge in [0.15, 0.2) is 0 Å². The molecule has 0 aromatic carbocycles. The Balaban J connectivity index is 1.82. The Kier molecular flexibility index (Phi) is 3.90. The van der Waals surface area contributed by atoms with Crippen LogP contribution in [0.15, 0.2) is 0 Å². The van der Waals surface area contributed by atoms with E-state index in [4.69, 9.17) is 0 Å². The van der Waals surface area contributed by atoms with Crippen molar-refractivity contribution in [2.45, 2.75) is 70.2 Å². The zero-order chi connectivity index (χ0) is 11.8. The Morgan fingerprint density at radius 1 is 1.19 bits per heavy atom. The van der Waals surface area contributed by atoms with E-state index < -0.39 is 0 Å². The van der Waals surface area contributed by atoms with Crippen LogP contribution in [0.3, 0.4) is 0 Å². The minimum Gasteiger partial charge on any atom is -0.311 e. The van der Waals surface area contributed by atoms with Crippen molar-refractivity contribution in [1.82, 2.24) is 5.32 Å². The molecule has 0 radical (unpaired) electrons. The second-order valence-electron chi connectivity index (χ2n) is 6.69. The fourth-order valence-electron chi connectivity index (χ4n) is 3.73. The highest BCUT2D eigenvalue weighted by molar-refractivity contribution is 7.99. The van der Waals surface area contributed by atoms with Crippen LogP contribution in [0.2, 0.25) is 0 Å². The highest BCUT2D eigenvalue weighted by atomic mass is 32.2. The van der Waals surface area contributed by atoms with Crippen molar-refractivity contribution >= 4 is 11.8 Å². The molecule has 0 aromatic rings. The summed E-state index contributed by atoms with van der Waals surface area (Å²) < 4.78 is 0. The minimum absolute atomic E-state index is 0.564. The first-order chi connectivity index (χ1) is 7.50. The molecule has 2 rings (SSSR count). The van der Waals surface area contributed by atoms with E-state index in [-0.39, 0.29) is 0 Å². The molecule has 0 heterocycles. The third-order valence-corrected chi connectivity index (χ3v) is 5.60. The number of nitrogens with one attached hydrogen (secondary N) is 1. The molecule has 2 aliphatic carbocycles. The van der Waals surface area contributed by atoms with Crippen LogP contribution >= 0.6 is 11.8 Å². The Hall–Kier alpha value is 0.310.